The van der Waals surface area contributed by atoms with E-state index in [9.17, 15) is 4.39 Å². The number of hydrogen-bond donors (Lipinski definition) is 1. The van der Waals surface area contributed by atoms with Crippen molar-refractivity contribution in [1.29, 1.82) is 0 Å². The number of benzene rings is 2. The molecule has 0 heterocycles. The zero-order valence-electron chi connectivity index (χ0n) is 15.9. The van der Waals surface area contributed by atoms with Crippen molar-refractivity contribution in [2.45, 2.75) is 32.2 Å². The predicted molar refractivity (Wildman–Crippen MR) is 110 cm³/mol. The van der Waals surface area contributed by atoms with Gasteiger partial charge in [-0.05, 0) is 86.8 Å². The number of aliphatic imine (C=N–C) groups is 1. The zero-order valence-corrected chi connectivity index (χ0v) is 15.9. The number of halogens is 1. The first-order chi connectivity index (χ1) is 13.2. The number of nitrogens with zero attached hydrogens (tertiary/aromatic N) is 2. The van der Waals surface area contributed by atoms with Gasteiger partial charge in [-0.1, -0.05) is 30.3 Å². The van der Waals surface area contributed by atoms with Gasteiger partial charge in [0.05, 0.1) is 5.69 Å². The Balaban J connectivity index is 1.62. The monoisotopic (exact) mass is 365 g/mol. The molecule has 2 N–H and O–H groups in total. The quantitative estimate of drug-likeness (QED) is 0.777. The van der Waals surface area contributed by atoms with Crippen molar-refractivity contribution >= 4 is 11.4 Å². The van der Waals surface area contributed by atoms with Crippen LogP contribution in [-0.4, -0.2) is 24.2 Å². The molecule has 2 aromatic carbocycles. The van der Waals surface area contributed by atoms with Crippen molar-refractivity contribution in [3.63, 3.8) is 0 Å². The molecule has 1 aliphatic carbocycles. The third kappa shape index (κ3) is 5.51. The van der Waals surface area contributed by atoms with Crippen LogP contribution >= 0.6 is 0 Å². The van der Waals surface area contributed by atoms with Crippen LogP contribution in [0, 0.1) is 11.7 Å². The van der Waals surface area contributed by atoms with Crippen LogP contribution in [0.2, 0.25) is 0 Å². The van der Waals surface area contributed by atoms with Crippen LogP contribution in [0.4, 0.5) is 10.1 Å². The van der Waals surface area contributed by atoms with E-state index in [-0.39, 0.29) is 5.82 Å². The van der Waals surface area contributed by atoms with Crippen LogP contribution in [0.15, 0.2) is 71.4 Å². The van der Waals surface area contributed by atoms with Crippen LogP contribution in [0.1, 0.15) is 31.2 Å². The molecule has 4 heteroatoms. The van der Waals surface area contributed by atoms with Crippen molar-refractivity contribution in [2.24, 2.45) is 16.6 Å². The van der Waals surface area contributed by atoms with Crippen molar-refractivity contribution in [2.75, 3.05) is 13.6 Å². The fraction of sp³-hybridized carbons (Fsp3) is 0.348. The van der Waals surface area contributed by atoms with E-state index < -0.39 is 0 Å². The Morgan fingerprint density at radius 3 is 2.59 bits per heavy atom. The molecule has 1 unspecified atom stereocenters. The highest BCUT2D eigenvalue weighted by Crippen LogP contribution is 2.31. The van der Waals surface area contributed by atoms with Gasteiger partial charge in [0.25, 0.3) is 0 Å². The smallest absolute Gasteiger partial charge is 0.123 e. The standard InChI is InChI=1S/C23H28FN3/c1-27(17-18-6-3-2-4-7-18)15-14-19-8-5-9-23(22(19)16-25)26-21-12-10-20(24)11-13-21/h2-4,6-7,10-13,16,19H,5,8-9,14-15,17,25H2,1H3. The van der Waals surface area contributed by atoms with E-state index in [1.54, 1.807) is 18.3 Å². The Kier molecular flexibility index (Phi) is 6.77. The fourth-order valence-electron chi connectivity index (χ4n) is 3.73. The van der Waals surface area contributed by atoms with Gasteiger partial charge in [-0.2, -0.15) is 0 Å². The second kappa shape index (κ2) is 9.47. The van der Waals surface area contributed by atoms with Gasteiger partial charge in [-0.25, -0.2) is 4.39 Å². The maximum atomic E-state index is 13.1. The molecule has 0 bridgehead atoms. The van der Waals surface area contributed by atoms with E-state index in [0.29, 0.717) is 5.92 Å². The summed E-state index contributed by atoms with van der Waals surface area (Å²) in [6, 6.07) is 16.9. The summed E-state index contributed by atoms with van der Waals surface area (Å²) in [7, 11) is 2.16. The SMILES string of the molecule is CN(CCC1CCCC(=Nc2ccc(F)cc2)C1=CN)Cc1ccccc1. The predicted octanol–water partition coefficient (Wildman–Crippen LogP) is 5.06. The molecule has 0 spiro atoms. The second-order valence-corrected chi connectivity index (χ2v) is 7.26. The second-order valence-electron chi connectivity index (χ2n) is 7.26. The molecule has 0 radical (unpaired) electrons. The Hall–Kier alpha value is -2.46. The first kappa shape index (κ1) is 19.3. The minimum Gasteiger partial charge on any atom is -0.404 e. The van der Waals surface area contributed by atoms with Crippen LogP contribution in [-0.2, 0) is 6.54 Å². The van der Waals surface area contributed by atoms with Crippen LogP contribution in [0.25, 0.3) is 0 Å². The van der Waals surface area contributed by atoms with Crippen LogP contribution in [0.5, 0.6) is 0 Å². The lowest BCUT2D eigenvalue weighted by molar-refractivity contribution is 0.297. The molecule has 1 saturated carbocycles. The van der Waals surface area contributed by atoms with Gasteiger partial charge in [0.15, 0.2) is 0 Å². The summed E-state index contributed by atoms with van der Waals surface area (Å²) in [5, 5.41) is 0. The lowest BCUT2D eigenvalue weighted by Crippen LogP contribution is -2.26. The van der Waals surface area contributed by atoms with Gasteiger partial charge in [0, 0.05) is 12.3 Å². The highest BCUT2D eigenvalue weighted by Gasteiger charge is 2.24. The fourth-order valence-corrected chi connectivity index (χ4v) is 3.73. The maximum absolute atomic E-state index is 13.1. The van der Waals surface area contributed by atoms with E-state index in [4.69, 9.17) is 10.7 Å². The minimum absolute atomic E-state index is 0.239. The molecular weight excluding hydrogens is 337 g/mol. The summed E-state index contributed by atoms with van der Waals surface area (Å²) in [5.41, 5.74) is 10.3. The number of allylic oxidation sites excluding steroid dienone is 1. The molecular formula is C23H28FN3. The van der Waals surface area contributed by atoms with Crippen LogP contribution in [0.3, 0.4) is 0 Å². The maximum Gasteiger partial charge on any atom is 0.123 e. The topological polar surface area (TPSA) is 41.6 Å². The lowest BCUT2D eigenvalue weighted by Gasteiger charge is -2.28. The highest BCUT2D eigenvalue weighted by molar-refractivity contribution is 6.02. The molecule has 3 rings (SSSR count). The number of hydrogen-bond acceptors (Lipinski definition) is 3. The van der Waals surface area contributed by atoms with Crippen molar-refractivity contribution in [1.82, 2.24) is 4.90 Å². The highest BCUT2D eigenvalue weighted by atomic mass is 19.1. The van der Waals surface area contributed by atoms with Gasteiger partial charge < -0.3 is 10.6 Å². The summed E-state index contributed by atoms with van der Waals surface area (Å²) >= 11 is 0. The van der Waals surface area contributed by atoms with Gasteiger partial charge in [-0.15, -0.1) is 0 Å². The lowest BCUT2D eigenvalue weighted by atomic mass is 9.81. The molecule has 1 fully saturated rings. The Morgan fingerprint density at radius 2 is 1.89 bits per heavy atom. The summed E-state index contributed by atoms with van der Waals surface area (Å²) < 4.78 is 13.1. The normalized spacial score (nSPS) is 20.5. The first-order valence-electron chi connectivity index (χ1n) is 9.63. The molecule has 1 atom stereocenters. The zero-order chi connectivity index (χ0) is 19.1. The molecule has 2 aromatic rings. The third-order valence-corrected chi connectivity index (χ3v) is 5.16. The van der Waals surface area contributed by atoms with E-state index >= 15 is 0 Å². The molecule has 27 heavy (non-hydrogen) atoms. The Morgan fingerprint density at radius 1 is 1.15 bits per heavy atom. The van der Waals surface area contributed by atoms with Gasteiger partial charge in [0.2, 0.25) is 0 Å². The summed E-state index contributed by atoms with van der Waals surface area (Å²) in [5.74, 6) is 0.192. The number of nitrogens with two attached hydrogens (primary N) is 1. The average Bonchev–Trinajstić information content (AvgIpc) is 2.69. The van der Waals surface area contributed by atoms with Crippen molar-refractivity contribution < 1.29 is 4.39 Å². The van der Waals surface area contributed by atoms with Gasteiger partial charge in [-0.3, -0.25) is 4.99 Å². The molecule has 3 nitrogen and oxygen atoms in total. The first-order valence-corrected chi connectivity index (χ1v) is 9.63. The average molecular weight is 365 g/mol. The largest absolute Gasteiger partial charge is 0.404 e. The summed E-state index contributed by atoms with van der Waals surface area (Å²) in [4.78, 5) is 7.10. The molecule has 0 aliphatic heterocycles. The van der Waals surface area contributed by atoms with Crippen molar-refractivity contribution in [3.8, 4) is 0 Å². The molecule has 0 amide bonds. The molecule has 0 aromatic heterocycles. The molecule has 142 valence electrons. The number of rotatable bonds is 6. The minimum atomic E-state index is -0.239. The van der Waals surface area contributed by atoms with E-state index in [2.05, 4.69) is 36.2 Å². The molecule has 0 saturated heterocycles. The third-order valence-electron chi connectivity index (χ3n) is 5.16. The van der Waals surface area contributed by atoms with E-state index in [1.165, 1.54) is 17.7 Å². The Bertz CT molecular complexity index is 781. The van der Waals surface area contributed by atoms with Crippen LogP contribution < -0.4 is 5.73 Å². The van der Waals surface area contributed by atoms with Gasteiger partial charge >= 0.3 is 0 Å². The van der Waals surface area contributed by atoms with E-state index in [0.717, 1.165) is 55.7 Å². The molecule has 1 aliphatic rings. The van der Waals surface area contributed by atoms with Gasteiger partial charge in [0.1, 0.15) is 5.82 Å². The summed E-state index contributed by atoms with van der Waals surface area (Å²) in [6.45, 7) is 1.96. The van der Waals surface area contributed by atoms with E-state index in [1.807, 2.05) is 6.07 Å². The Labute approximate surface area is 161 Å². The van der Waals surface area contributed by atoms with Crippen molar-refractivity contribution in [3.05, 3.63) is 77.8 Å². The summed E-state index contributed by atoms with van der Waals surface area (Å²) in [6.07, 6.45) is 5.98.